The number of aliphatic carboxylic acids is 1. The fourth-order valence-corrected chi connectivity index (χ4v) is 2.89. The summed E-state index contributed by atoms with van der Waals surface area (Å²) < 4.78 is 6.19. The van der Waals surface area contributed by atoms with Crippen molar-refractivity contribution in [3.8, 4) is 0 Å². The summed E-state index contributed by atoms with van der Waals surface area (Å²) in [5.41, 5.74) is -2.59. The average molecular weight is 388 g/mol. The van der Waals surface area contributed by atoms with Crippen LogP contribution in [0.5, 0.6) is 0 Å². The zero-order valence-electron chi connectivity index (χ0n) is 14.2. The molecule has 2 heterocycles. The van der Waals surface area contributed by atoms with E-state index in [0.717, 1.165) is 13.1 Å². The van der Waals surface area contributed by atoms with Crippen molar-refractivity contribution in [2.24, 2.45) is 0 Å². The van der Waals surface area contributed by atoms with Gasteiger partial charge >= 0.3 is 5.97 Å². The second kappa shape index (κ2) is 8.06. The number of carboxylic acid groups (broad SMARTS) is 1. The van der Waals surface area contributed by atoms with E-state index in [0.29, 0.717) is 11.0 Å². The molecule has 1 aliphatic heterocycles. The lowest BCUT2D eigenvalue weighted by Gasteiger charge is -2.46. The summed E-state index contributed by atoms with van der Waals surface area (Å²) in [7, 11) is 0. The Hall–Kier alpha value is -2.45. The highest BCUT2D eigenvalue weighted by Crippen LogP contribution is 2.35. The zero-order valence-corrected chi connectivity index (χ0v) is 14.2. The summed E-state index contributed by atoms with van der Waals surface area (Å²) >= 11 is 0. The van der Waals surface area contributed by atoms with Gasteiger partial charge in [0.25, 0.3) is 5.72 Å². The third-order valence-corrected chi connectivity index (χ3v) is 4.21. The van der Waals surface area contributed by atoms with Gasteiger partial charge < -0.3 is 35.6 Å². The lowest BCUT2D eigenvalue weighted by atomic mass is 9.87. The first-order valence-corrected chi connectivity index (χ1v) is 7.87. The Morgan fingerprint density at radius 3 is 2.67 bits per heavy atom. The van der Waals surface area contributed by atoms with E-state index < -0.39 is 61.1 Å². The van der Waals surface area contributed by atoms with Gasteiger partial charge in [-0.15, -0.1) is 5.10 Å². The summed E-state index contributed by atoms with van der Waals surface area (Å²) in [6.45, 7) is 0.244. The smallest absolute Gasteiger partial charge is 0.359 e. The van der Waals surface area contributed by atoms with Gasteiger partial charge in [-0.3, -0.25) is 9.59 Å². The number of nitrogens with one attached hydrogen (secondary N) is 1. The molecule has 0 bridgehead atoms. The SMILES string of the molecule is CC(=O)N[C@H]1[C@H]([C@H](O)[C@H](O)CO)O[C@](C(=O)O)(n2cc(C=O)nn2)C[C@@H]1O. The summed E-state index contributed by atoms with van der Waals surface area (Å²) in [5, 5.41) is 58.5. The third-order valence-electron chi connectivity index (χ3n) is 4.21. The first-order valence-electron chi connectivity index (χ1n) is 7.87. The number of amides is 1. The van der Waals surface area contributed by atoms with Gasteiger partial charge in [0.05, 0.1) is 24.9 Å². The highest BCUT2D eigenvalue weighted by atomic mass is 16.6. The zero-order chi connectivity index (χ0) is 20.4. The molecule has 0 spiro atoms. The molecule has 0 unspecified atom stereocenters. The van der Waals surface area contributed by atoms with Crippen molar-refractivity contribution in [2.45, 2.75) is 49.5 Å². The number of nitrogens with zero attached hydrogens (tertiary/aromatic N) is 3. The second-order valence-corrected chi connectivity index (χ2v) is 6.12. The molecule has 0 aromatic carbocycles. The fourth-order valence-electron chi connectivity index (χ4n) is 2.89. The second-order valence-electron chi connectivity index (χ2n) is 6.12. The van der Waals surface area contributed by atoms with E-state index in [1.54, 1.807) is 0 Å². The largest absolute Gasteiger partial charge is 0.478 e. The lowest BCUT2D eigenvalue weighted by Crippen LogP contribution is -2.67. The molecule has 2 rings (SSSR count). The molecule has 6 atom stereocenters. The van der Waals surface area contributed by atoms with E-state index in [1.807, 2.05) is 0 Å². The van der Waals surface area contributed by atoms with E-state index in [1.165, 1.54) is 0 Å². The number of rotatable bonds is 7. The first kappa shape index (κ1) is 20.9. The van der Waals surface area contributed by atoms with E-state index in [2.05, 4.69) is 15.6 Å². The number of carboxylic acids is 1. The maximum absolute atomic E-state index is 12.0. The molecule has 1 saturated heterocycles. The van der Waals surface area contributed by atoms with Crippen molar-refractivity contribution in [2.75, 3.05) is 6.61 Å². The molecule has 1 fully saturated rings. The van der Waals surface area contributed by atoms with Crippen LogP contribution < -0.4 is 5.32 Å². The topological polar surface area (TPSA) is 204 Å². The molecule has 0 saturated carbocycles. The quantitative estimate of drug-likeness (QED) is 0.250. The van der Waals surface area contributed by atoms with Crippen LogP contribution in [0.25, 0.3) is 0 Å². The Morgan fingerprint density at radius 1 is 1.52 bits per heavy atom. The molecule has 0 aliphatic carbocycles. The van der Waals surface area contributed by atoms with Crippen molar-refractivity contribution < 1.29 is 44.7 Å². The van der Waals surface area contributed by atoms with Gasteiger partial charge in [-0.05, 0) is 0 Å². The van der Waals surface area contributed by atoms with Crippen molar-refractivity contribution in [1.29, 1.82) is 0 Å². The van der Waals surface area contributed by atoms with Crippen LogP contribution in [0.3, 0.4) is 0 Å². The van der Waals surface area contributed by atoms with E-state index in [9.17, 15) is 34.8 Å². The number of carbonyl (C=O) groups excluding carboxylic acids is 2. The summed E-state index contributed by atoms with van der Waals surface area (Å²) in [6.07, 6.45) is -6.13. The Balaban J connectivity index is 2.50. The van der Waals surface area contributed by atoms with Crippen LogP contribution in [-0.2, 0) is 20.1 Å². The highest BCUT2D eigenvalue weighted by Gasteiger charge is 2.56. The monoisotopic (exact) mass is 388 g/mol. The number of hydrogen-bond acceptors (Lipinski definition) is 10. The molecule has 150 valence electrons. The first-order chi connectivity index (χ1) is 12.7. The van der Waals surface area contributed by atoms with Crippen LogP contribution in [0, 0.1) is 0 Å². The maximum Gasteiger partial charge on any atom is 0.359 e. The normalized spacial score (nSPS) is 30.3. The molecular weight excluding hydrogens is 368 g/mol. The number of hydrogen-bond donors (Lipinski definition) is 6. The Labute approximate surface area is 152 Å². The Bertz CT molecular complexity index is 711. The van der Waals surface area contributed by atoms with Crippen molar-refractivity contribution in [3.05, 3.63) is 11.9 Å². The standard InChI is InChI=1S/C14H20N4O9/c1-6(21)15-10-8(22)2-14(13(25)26,18-3-7(4-19)16-17-18)27-12(10)11(24)9(23)5-20/h3-4,8-12,20,22-24H,2,5H2,1H3,(H,15,21)(H,25,26)/t8-,9+,10+,11+,12+,14+/m0/s1. The highest BCUT2D eigenvalue weighted by molar-refractivity contribution is 5.76. The molecule has 0 radical (unpaired) electrons. The van der Waals surface area contributed by atoms with Crippen LogP contribution in [0.4, 0.5) is 0 Å². The molecule has 1 aliphatic rings. The van der Waals surface area contributed by atoms with Gasteiger partial charge in [0.1, 0.15) is 24.0 Å². The molecule has 1 aromatic heterocycles. The van der Waals surface area contributed by atoms with Crippen LogP contribution in [-0.4, -0.2) is 95.8 Å². The van der Waals surface area contributed by atoms with Crippen LogP contribution in [0.15, 0.2) is 6.20 Å². The third kappa shape index (κ3) is 3.96. The number of aliphatic hydroxyl groups is 4. The molecular formula is C14H20N4O9. The summed E-state index contributed by atoms with van der Waals surface area (Å²) in [5.74, 6) is -2.23. The van der Waals surface area contributed by atoms with Crippen LogP contribution in [0.2, 0.25) is 0 Å². The molecule has 13 heteroatoms. The van der Waals surface area contributed by atoms with Gasteiger partial charge in [-0.25, -0.2) is 9.48 Å². The lowest BCUT2D eigenvalue weighted by molar-refractivity contribution is -0.258. The van der Waals surface area contributed by atoms with Gasteiger partial charge in [-0.1, -0.05) is 5.21 Å². The van der Waals surface area contributed by atoms with Gasteiger partial charge in [-0.2, -0.15) is 0 Å². The molecule has 1 aromatic rings. The van der Waals surface area contributed by atoms with Gasteiger partial charge in [0, 0.05) is 13.3 Å². The molecule has 1 amide bonds. The average Bonchev–Trinajstić information content (AvgIpc) is 3.11. The molecule has 6 N–H and O–H groups in total. The summed E-state index contributed by atoms with van der Waals surface area (Å²) in [6, 6.07) is -1.29. The number of carbonyl (C=O) groups is 3. The van der Waals surface area contributed by atoms with Crippen LogP contribution in [0.1, 0.15) is 23.8 Å². The number of aldehydes is 1. The Kier molecular flexibility index (Phi) is 6.22. The number of aliphatic hydroxyl groups excluding tert-OH is 4. The van der Waals surface area contributed by atoms with E-state index in [4.69, 9.17) is 9.84 Å². The number of aromatic nitrogens is 3. The predicted molar refractivity (Wildman–Crippen MR) is 83.2 cm³/mol. The number of ether oxygens (including phenoxy) is 1. The minimum absolute atomic E-state index is 0.204. The Morgan fingerprint density at radius 2 is 2.19 bits per heavy atom. The van der Waals surface area contributed by atoms with Gasteiger partial charge in [0.2, 0.25) is 5.91 Å². The summed E-state index contributed by atoms with van der Waals surface area (Å²) in [4.78, 5) is 34.2. The van der Waals surface area contributed by atoms with Gasteiger partial charge in [0.15, 0.2) is 6.29 Å². The van der Waals surface area contributed by atoms with Crippen LogP contribution >= 0.6 is 0 Å². The van der Waals surface area contributed by atoms with E-state index in [-0.39, 0.29) is 5.69 Å². The minimum Gasteiger partial charge on any atom is -0.478 e. The molecule has 27 heavy (non-hydrogen) atoms. The van der Waals surface area contributed by atoms with Crippen molar-refractivity contribution >= 4 is 18.2 Å². The van der Waals surface area contributed by atoms with E-state index >= 15 is 0 Å². The fraction of sp³-hybridized carbons (Fsp3) is 0.643. The predicted octanol–water partition coefficient (Wildman–Crippen LogP) is -3.80. The van der Waals surface area contributed by atoms with Crippen molar-refractivity contribution in [1.82, 2.24) is 20.3 Å². The molecule has 13 nitrogen and oxygen atoms in total. The minimum atomic E-state index is -2.39. The maximum atomic E-state index is 12.0. The van der Waals surface area contributed by atoms with Crippen molar-refractivity contribution in [3.63, 3.8) is 0 Å².